The van der Waals surface area contributed by atoms with Crippen LogP contribution in [0.4, 0.5) is 0 Å². The van der Waals surface area contributed by atoms with Crippen molar-refractivity contribution >= 4 is 43.6 Å². The van der Waals surface area contributed by atoms with Crippen molar-refractivity contribution in [3.63, 3.8) is 0 Å². The lowest BCUT2D eigenvalue weighted by atomic mass is 9.76. The summed E-state index contributed by atoms with van der Waals surface area (Å²) < 4.78 is 35.7. The molecule has 0 N–H and O–H groups in total. The van der Waals surface area contributed by atoms with Gasteiger partial charge in [-0.15, -0.1) is 0 Å². The topological polar surface area (TPSA) is 9.86 Å². The number of benzene rings is 11. The van der Waals surface area contributed by atoms with Crippen LogP contribution < -0.4 is 0 Å². The van der Waals surface area contributed by atoms with E-state index in [4.69, 9.17) is 5.48 Å². The summed E-state index contributed by atoms with van der Waals surface area (Å²) in [6.07, 6.45) is 0. The van der Waals surface area contributed by atoms with E-state index in [1.807, 2.05) is 20.8 Å². The van der Waals surface area contributed by atoms with E-state index in [9.17, 15) is 0 Å². The SMILES string of the molecule is CC(C)(C)c1c(-c2ccccc2)cccc1-c1ccccc1.CC(C)(C)c1cc(C(C)(C)C)cc(C(C)(C)C)c1.CC(C)(C)c1ccc2c(c1)c1ccccc1n2-c1ccccc1.CC(C)(C)c1cccc2c3ccccc3n(-c3ccccc3)c12.[2H]c1c([2H])c(C)c([2H])c(C(C)(C)C)c1[2H]. The van der Waals surface area contributed by atoms with Gasteiger partial charge in [0.05, 0.1) is 27.5 Å². The molecule has 2 aromatic heterocycles. The fourth-order valence-corrected chi connectivity index (χ4v) is 12.6. The molecule has 0 unspecified atom stereocenters. The summed E-state index contributed by atoms with van der Waals surface area (Å²) in [5.41, 5.74) is 23.0. The van der Waals surface area contributed by atoms with Gasteiger partial charge >= 0.3 is 0 Å². The molecule has 2 heterocycles. The summed E-state index contributed by atoms with van der Waals surface area (Å²) >= 11 is 0. The van der Waals surface area contributed by atoms with Crippen LogP contribution in [0.25, 0.3) is 77.2 Å². The quantitative estimate of drug-likeness (QED) is 0.166. The third-order valence-corrected chi connectivity index (χ3v) is 18.1. The first-order valence-corrected chi connectivity index (χ1v) is 34.8. The maximum Gasteiger partial charge on any atom is 0.0629 e. The molecular weight excluding hydrogens is 1170 g/mol. The number of hydrogen-bond acceptors (Lipinski definition) is 0. The van der Waals surface area contributed by atoms with Crippen LogP contribution in [-0.4, -0.2) is 9.13 Å². The monoisotopic (exact) mass is 1280 g/mol. The van der Waals surface area contributed by atoms with Gasteiger partial charge in [0.15, 0.2) is 0 Å². The smallest absolute Gasteiger partial charge is 0.0629 e. The zero-order chi connectivity index (χ0) is 74.0. The number of para-hydroxylation sites is 5. The molecule has 0 aliphatic carbocycles. The molecule has 500 valence electrons. The van der Waals surface area contributed by atoms with Gasteiger partial charge in [0.2, 0.25) is 0 Å². The lowest BCUT2D eigenvalue weighted by Crippen LogP contribution is -2.20. The van der Waals surface area contributed by atoms with Gasteiger partial charge in [-0.25, -0.2) is 0 Å². The molecule has 0 spiro atoms. The van der Waals surface area contributed by atoms with Crippen LogP contribution in [0.1, 0.15) is 195 Å². The molecule has 0 aliphatic heterocycles. The highest BCUT2D eigenvalue weighted by atomic mass is 15.0. The van der Waals surface area contributed by atoms with Gasteiger partial charge < -0.3 is 9.13 Å². The van der Waals surface area contributed by atoms with E-state index >= 15 is 0 Å². The van der Waals surface area contributed by atoms with Crippen LogP contribution in [-0.2, 0) is 37.9 Å². The molecule has 97 heavy (non-hydrogen) atoms. The zero-order valence-corrected chi connectivity index (χ0v) is 62.5. The largest absolute Gasteiger partial charge is 0.309 e. The van der Waals surface area contributed by atoms with E-state index in [0.717, 1.165) is 0 Å². The van der Waals surface area contributed by atoms with Crippen molar-refractivity contribution in [2.75, 3.05) is 0 Å². The van der Waals surface area contributed by atoms with Crippen molar-refractivity contribution in [2.45, 2.75) is 190 Å². The first-order chi connectivity index (χ1) is 47.2. The molecule has 0 fully saturated rings. The van der Waals surface area contributed by atoms with Gasteiger partial charge in [0, 0.05) is 32.9 Å². The van der Waals surface area contributed by atoms with Crippen LogP contribution >= 0.6 is 0 Å². The first kappa shape index (κ1) is 66.6. The Morgan fingerprint density at radius 3 is 1.08 bits per heavy atom. The summed E-state index contributed by atoms with van der Waals surface area (Å²) in [6.45, 7) is 48.6. The zero-order valence-electron chi connectivity index (χ0n) is 66.5. The Morgan fingerprint density at radius 2 is 0.649 bits per heavy atom. The molecule has 2 heteroatoms. The second kappa shape index (κ2) is 29.0. The molecule has 0 atom stereocenters. The van der Waals surface area contributed by atoms with Crippen LogP contribution in [0.3, 0.4) is 0 Å². The molecule has 0 saturated heterocycles. The Kier molecular flexibility index (Phi) is 19.9. The molecule has 2 nitrogen and oxygen atoms in total. The predicted octanol–water partition coefficient (Wildman–Crippen LogP) is 27.4. The van der Waals surface area contributed by atoms with Crippen molar-refractivity contribution in [3.05, 3.63) is 311 Å². The second-order valence-electron chi connectivity index (χ2n) is 33.3. The number of rotatable bonds is 4. The van der Waals surface area contributed by atoms with E-state index in [2.05, 4.69) is 376 Å². The van der Waals surface area contributed by atoms with Crippen molar-refractivity contribution in [1.29, 1.82) is 0 Å². The highest BCUT2D eigenvalue weighted by Gasteiger charge is 2.27. The van der Waals surface area contributed by atoms with Gasteiger partial charge in [-0.2, -0.15) is 0 Å². The fraction of sp³-hybridized carbons (Fsp3) is 0.305. The molecule has 11 aromatic carbocycles. The summed E-state index contributed by atoms with van der Waals surface area (Å²) in [6, 6.07) is 87.5. The summed E-state index contributed by atoms with van der Waals surface area (Å²) in [5, 5.41) is 5.30. The lowest BCUT2D eigenvalue weighted by Gasteiger charge is -2.29. The van der Waals surface area contributed by atoms with Gasteiger partial charge in [-0.3, -0.25) is 0 Å². The van der Waals surface area contributed by atoms with Crippen LogP contribution in [0.5, 0.6) is 0 Å². The molecule has 13 aromatic rings. The minimum absolute atomic E-state index is 0.00185. The molecule has 0 saturated carbocycles. The summed E-state index contributed by atoms with van der Waals surface area (Å²) in [5.74, 6) is 0. The van der Waals surface area contributed by atoms with E-state index in [0.29, 0.717) is 11.1 Å². The van der Waals surface area contributed by atoms with Gasteiger partial charge in [0.1, 0.15) is 0 Å². The predicted molar refractivity (Wildman–Crippen MR) is 427 cm³/mol. The van der Waals surface area contributed by atoms with E-state index in [-0.39, 0.29) is 62.1 Å². The van der Waals surface area contributed by atoms with Crippen molar-refractivity contribution < 1.29 is 5.48 Å². The molecule has 0 aliphatic rings. The molecule has 13 rings (SSSR count). The fourth-order valence-electron chi connectivity index (χ4n) is 12.6. The first-order valence-electron chi connectivity index (χ1n) is 36.8. The van der Waals surface area contributed by atoms with Gasteiger partial charge in [-0.05, 0) is 155 Å². The normalized spacial score (nSPS) is 12.8. The number of nitrogens with zero attached hydrogens (tertiary/aromatic N) is 2. The van der Waals surface area contributed by atoms with E-state index in [1.54, 1.807) is 6.92 Å². The van der Waals surface area contributed by atoms with E-state index in [1.165, 1.54) is 111 Å². The van der Waals surface area contributed by atoms with Crippen LogP contribution in [0, 0.1) is 6.92 Å². The third kappa shape index (κ3) is 17.4. The van der Waals surface area contributed by atoms with Crippen molar-refractivity contribution in [3.8, 4) is 33.6 Å². The van der Waals surface area contributed by atoms with Crippen molar-refractivity contribution in [1.82, 2.24) is 9.13 Å². The van der Waals surface area contributed by atoms with E-state index < -0.39 is 0 Å². The van der Waals surface area contributed by atoms with Gasteiger partial charge in [0.25, 0.3) is 0 Å². The maximum atomic E-state index is 7.91. The van der Waals surface area contributed by atoms with Crippen LogP contribution in [0.15, 0.2) is 267 Å². The van der Waals surface area contributed by atoms with Crippen molar-refractivity contribution in [2.24, 2.45) is 0 Å². The Hall–Kier alpha value is -8.98. The number of hydrogen-bond donors (Lipinski definition) is 0. The second-order valence-corrected chi connectivity index (χ2v) is 33.3. The third-order valence-electron chi connectivity index (χ3n) is 18.1. The maximum absolute atomic E-state index is 7.91. The van der Waals surface area contributed by atoms with Crippen LogP contribution in [0.2, 0.25) is 0 Å². The Morgan fingerprint density at radius 1 is 0.278 bits per heavy atom. The molecule has 0 radical (unpaired) electrons. The minimum atomic E-state index is -0.331. The minimum Gasteiger partial charge on any atom is -0.309 e. The summed E-state index contributed by atoms with van der Waals surface area (Å²) in [4.78, 5) is 0. The average molecular weight is 1280 g/mol. The average Bonchev–Trinajstić information content (AvgIpc) is 1.59. The standard InChI is InChI=1S/2C22H21N.C22H22.C18H30.C11H16/c1-22(2,3)19-14-9-13-18-17-12-7-8-15-20(17)23(21(18)19)16-10-5-4-6-11-16;1-22(2,3)16-13-14-21-19(15-16)18-11-7-8-12-20(18)23(21)17-9-5-4-6-10-17;1-22(2,3)21-19(17-11-6-4-7-12-17)15-10-16-20(21)18-13-8-5-9-14-18;1-16(2,3)13-10-14(17(4,5)6)12-15(11-13)18(7,8)9;1-9-6-5-7-10(8-9)11(2,3)4/h2*4-15H,1-3H3;4-16H,1-3H3;10-12H,1-9H3;5-8H,1-4H3/i;;;;5D,6D,7D,8D. The molecule has 0 bridgehead atoms. The highest BCUT2D eigenvalue weighted by Crippen LogP contribution is 2.42. The Bertz CT molecular complexity index is 4810. The Labute approximate surface area is 590 Å². The summed E-state index contributed by atoms with van der Waals surface area (Å²) in [7, 11) is 0. The molecule has 0 amide bonds. The Balaban J connectivity index is 0.000000148. The number of fused-ring (bicyclic) bond motifs is 6. The highest BCUT2D eigenvalue weighted by molar-refractivity contribution is 6.11. The molecular formula is C95H110N2. The van der Waals surface area contributed by atoms with Gasteiger partial charge in [-0.1, -0.05) is 369 Å². The number of aromatic nitrogens is 2. The lowest BCUT2D eigenvalue weighted by molar-refractivity contribution is 0.548.